The summed E-state index contributed by atoms with van der Waals surface area (Å²) in [6.45, 7) is 4.50. The molecule has 0 unspecified atom stereocenters. The molecule has 0 amide bonds. The van der Waals surface area contributed by atoms with Gasteiger partial charge in [0.25, 0.3) is 0 Å². The number of hydrogen-bond acceptors (Lipinski definition) is 3. The van der Waals surface area contributed by atoms with Gasteiger partial charge in [-0.05, 0) is 54.7 Å². The average molecular weight is 374 g/mol. The predicted octanol–water partition coefficient (Wildman–Crippen LogP) is 2.96. The molecule has 2 aliphatic heterocycles. The zero-order chi connectivity index (χ0) is 18.3. The summed E-state index contributed by atoms with van der Waals surface area (Å²) in [4.78, 5) is 2.61. The maximum atomic E-state index is 13.3. The molecule has 0 radical (unpaired) electrons. The van der Waals surface area contributed by atoms with Gasteiger partial charge in [-0.25, -0.2) is 12.8 Å². The lowest BCUT2D eigenvalue weighted by Gasteiger charge is -2.33. The van der Waals surface area contributed by atoms with Gasteiger partial charge in [0.05, 0.1) is 4.90 Å². The third-order valence-electron chi connectivity index (χ3n) is 5.56. The number of hydrogen-bond donors (Lipinski definition) is 0. The fourth-order valence-corrected chi connectivity index (χ4v) is 5.80. The second-order valence-corrected chi connectivity index (χ2v) is 9.11. The molecule has 6 heteroatoms. The summed E-state index contributed by atoms with van der Waals surface area (Å²) in [6, 6.07) is 12.6. The van der Waals surface area contributed by atoms with Gasteiger partial charge in [-0.2, -0.15) is 4.31 Å². The fraction of sp³-hybridized carbons (Fsp3) is 0.400. The summed E-state index contributed by atoms with van der Waals surface area (Å²) < 4.78 is 40.8. The molecule has 1 saturated heterocycles. The van der Waals surface area contributed by atoms with Crippen LogP contribution in [0.15, 0.2) is 47.4 Å². The van der Waals surface area contributed by atoms with Crippen molar-refractivity contribution in [3.05, 3.63) is 65.0 Å². The van der Waals surface area contributed by atoms with E-state index in [0.29, 0.717) is 18.7 Å². The van der Waals surface area contributed by atoms with E-state index in [1.807, 2.05) is 0 Å². The zero-order valence-electron chi connectivity index (χ0n) is 14.9. The molecule has 4 nitrogen and oxygen atoms in total. The molecule has 0 N–H and O–H groups in total. The summed E-state index contributed by atoms with van der Waals surface area (Å²) in [5.41, 5.74) is 3.20. The van der Waals surface area contributed by atoms with Crippen molar-refractivity contribution in [2.24, 2.45) is 0 Å². The molecule has 2 aliphatic rings. The third kappa shape index (κ3) is 3.17. The van der Waals surface area contributed by atoms with Gasteiger partial charge in [-0.15, -0.1) is 0 Å². The molecule has 1 atom stereocenters. The smallest absolute Gasteiger partial charge is 0.243 e. The maximum absolute atomic E-state index is 13.3. The van der Waals surface area contributed by atoms with Gasteiger partial charge >= 0.3 is 0 Å². The number of sulfonamides is 1. The van der Waals surface area contributed by atoms with Crippen molar-refractivity contribution in [1.82, 2.24) is 9.21 Å². The SMILES string of the molecule is Cc1cc(F)ccc1S(=O)(=O)N1CC[C@@H](N2CCc3ccccc3C2)C1. The first-order valence-electron chi connectivity index (χ1n) is 9.02. The molecular formula is C20H23FN2O2S. The summed E-state index contributed by atoms with van der Waals surface area (Å²) in [6.07, 6.45) is 1.85. The van der Waals surface area contributed by atoms with Crippen LogP contribution in [0.2, 0.25) is 0 Å². The Kier molecular flexibility index (Phi) is 4.59. The first-order chi connectivity index (χ1) is 12.4. The highest BCUT2D eigenvalue weighted by atomic mass is 32.2. The Morgan fingerprint density at radius 2 is 1.85 bits per heavy atom. The molecular weight excluding hydrogens is 351 g/mol. The highest BCUT2D eigenvalue weighted by Gasteiger charge is 2.36. The van der Waals surface area contributed by atoms with E-state index in [-0.39, 0.29) is 10.9 Å². The normalized spacial score (nSPS) is 21.7. The number of nitrogens with zero attached hydrogens (tertiary/aromatic N) is 2. The minimum atomic E-state index is -3.58. The van der Waals surface area contributed by atoms with Crippen molar-refractivity contribution >= 4 is 10.0 Å². The summed E-state index contributed by atoms with van der Waals surface area (Å²) in [5.74, 6) is -0.410. The van der Waals surface area contributed by atoms with Gasteiger partial charge in [0.1, 0.15) is 5.82 Å². The predicted molar refractivity (Wildman–Crippen MR) is 98.9 cm³/mol. The van der Waals surface area contributed by atoms with Crippen LogP contribution in [0.4, 0.5) is 4.39 Å². The number of halogens is 1. The van der Waals surface area contributed by atoms with Gasteiger partial charge < -0.3 is 0 Å². The number of fused-ring (bicyclic) bond motifs is 1. The molecule has 2 heterocycles. The van der Waals surface area contributed by atoms with Crippen molar-refractivity contribution in [2.75, 3.05) is 19.6 Å². The summed E-state index contributed by atoms with van der Waals surface area (Å²) >= 11 is 0. The Bertz CT molecular complexity index is 929. The zero-order valence-corrected chi connectivity index (χ0v) is 15.7. The van der Waals surface area contributed by atoms with Crippen LogP contribution in [-0.4, -0.2) is 43.3 Å². The van der Waals surface area contributed by atoms with Crippen LogP contribution >= 0.6 is 0 Å². The number of benzene rings is 2. The number of aryl methyl sites for hydroxylation is 1. The molecule has 0 bridgehead atoms. The molecule has 0 saturated carbocycles. The minimum absolute atomic E-state index is 0.212. The molecule has 26 heavy (non-hydrogen) atoms. The van der Waals surface area contributed by atoms with E-state index in [1.54, 1.807) is 11.2 Å². The van der Waals surface area contributed by atoms with E-state index < -0.39 is 15.8 Å². The molecule has 1 fully saturated rings. The van der Waals surface area contributed by atoms with Crippen molar-refractivity contribution < 1.29 is 12.8 Å². The minimum Gasteiger partial charge on any atom is -0.294 e. The molecule has 0 spiro atoms. The van der Waals surface area contributed by atoms with Gasteiger partial charge in [0.15, 0.2) is 0 Å². The van der Waals surface area contributed by atoms with Crippen LogP contribution in [0.25, 0.3) is 0 Å². The largest absolute Gasteiger partial charge is 0.294 e. The lowest BCUT2D eigenvalue weighted by atomic mass is 9.98. The van der Waals surface area contributed by atoms with Crippen LogP contribution in [0, 0.1) is 12.7 Å². The van der Waals surface area contributed by atoms with E-state index in [4.69, 9.17) is 0 Å². The van der Waals surface area contributed by atoms with Crippen LogP contribution in [0.3, 0.4) is 0 Å². The lowest BCUT2D eigenvalue weighted by Crippen LogP contribution is -2.41. The van der Waals surface area contributed by atoms with Crippen molar-refractivity contribution in [1.29, 1.82) is 0 Å². The summed E-state index contributed by atoms with van der Waals surface area (Å²) in [5, 5.41) is 0. The molecule has 2 aromatic carbocycles. The molecule has 4 rings (SSSR count). The van der Waals surface area contributed by atoms with Crippen molar-refractivity contribution in [3.8, 4) is 0 Å². The monoisotopic (exact) mass is 374 g/mol. The first kappa shape index (κ1) is 17.6. The van der Waals surface area contributed by atoms with Crippen LogP contribution in [-0.2, 0) is 23.0 Å². The van der Waals surface area contributed by atoms with E-state index >= 15 is 0 Å². The fourth-order valence-electron chi connectivity index (χ4n) is 4.10. The van der Waals surface area contributed by atoms with E-state index in [2.05, 4.69) is 29.2 Å². The van der Waals surface area contributed by atoms with E-state index in [1.165, 1.54) is 29.3 Å². The van der Waals surface area contributed by atoms with E-state index in [9.17, 15) is 12.8 Å². The Balaban J connectivity index is 1.50. The Morgan fingerprint density at radius 1 is 1.08 bits per heavy atom. The van der Waals surface area contributed by atoms with Gasteiger partial charge in [-0.1, -0.05) is 24.3 Å². The number of rotatable bonds is 3. The first-order valence-corrected chi connectivity index (χ1v) is 10.5. The van der Waals surface area contributed by atoms with Gasteiger partial charge in [0, 0.05) is 32.2 Å². The van der Waals surface area contributed by atoms with Gasteiger partial charge in [0.2, 0.25) is 10.0 Å². The molecule has 0 aromatic heterocycles. The van der Waals surface area contributed by atoms with Crippen LogP contribution < -0.4 is 0 Å². The Labute approximate surface area is 154 Å². The van der Waals surface area contributed by atoms with E-state index in [0.717, 1.165) is 25.9 Å². The highest BCUT2D eigenvalue weighted by molar-refractivity contribution is 7.89. The molecule has 0 aliphatic carbocycles. The molecule has 138 valence electrons. The van der Waals surface area contributed by atoms with Gasteiger partial charge in [-0.3, -0.25) is 4.90 Å². The third-order valence-corrected chi connectivity index (χ3v) is 7.58. The van der Waals surface area contributed by atoms with Crippen LogP contribution in [0.1, 0.15) is 23.1 Å². The molecule has 2 aromatic rings. The highest BCUT2D eigenvalue weighted by Crippen LogP contribution is 2.28. The van der Waals surface area contributed by atoms with Crippen molar-refractivity contribution in [3.63, 3.8) is 0 Å². The van der Waals surface area contributed by atoms with Crippen LogP contribution in [0.5, 0.6) is 0 Å². The van der Waals surface area contributed by atoms with Crippen molar-refractivity contribution in [2.45, 2.75) is 37.2 Å². The quantitative estimate of drug-likeness (QED) is 0.829. The maximum Gasteiger partial charge on any atom is 0.243 e. The Hall–Kier alpha value is -1.76. The topological polar surface area (TPSA) is 40.6 Å². The average Bonchev–Trinajstić information content (AvgIpc) is 3.12. The Morgan fingerprint density at radius 3 is 2.62 bits per heavy atom. The standard InChI is InChI=1S/C20H23FN2O2S/c1-15-12-18(21)6-7-20(15)26(24,25)23-11-9-19(14-23)22-10-8-16-4-2-3-5-17(16)13-22/h2-7,12,19H,8-11,13-14H2,1H3/t19-/m1/s1. The summed E-state index contributed by atoms with van der Waals surface area (Å²) in [7, 11) is -3.58. The second-order valence-electron chi connectivity index (χ2n) is 7.20. The lowest BCUT2D eigenvalue weighted by molar-refractivity contribution is 0.185. The second kappa shape index (κ2) is 6.76.